The standard InChI is InChI=1S/C12H16BrFN2O/c13-11-7-9(14)1-2-10(11)12(8-17)16-5-3-15-4-6-16/h1-2,7,12,15,17H,3-6,8H2/t12-/m1/s1. The molecule has 1 fully saturated rings. The van der Waals surface area contributed by atoms with Gasteiger partial charge in [0.2, 0.25) is 0 Å². The van der Waals surface area contributed by atoms with Gasteiger partial charge < -0.3 is 10.4 Å². The maximum absolute atomic E-state index is 13.0. The van der Waals surface area contributed by atoms with Gasteiger partial charge in [0, 0.05) is 30.7 Å². The molecule has 2 rings (SSSR count). The lowest BCUT2D eigenvalue weighted by Gasteiger charge is -2.34. The molecule has 1 heterocycles. The Morgan fingerprint density at radius 1 is 1.41 bits per heavy atom. The van der Waals surface area contributed by atoms with E-state index in [2.05, 4.69) is 26.1 Å². The summed E-state index contributed by atoms with van der Waals surface area (Å²) in [7, 11) is 0. The first-order valence-electron chi connectivity index (χ1n) is 5.73. The van der Waals surface area contributed by atoms with Crippen molar-refractivity contribution in [1.29, 1.82) is 0 Å². The van der Waals surface area contributed by atoms with Gasteiger partial charge in [0.05, 0.1) is 12.6 Å². The lowest BCUT2D eigenvalue weighted by Crippen LogP contribution is -2.46. The maximum Gasteiger partial charge on any atom is 0.124 e. The van der Waals surface area contributed by atoms with E-state index < -0.39 is 0 Å². The van der Waals surface area contributed by atoms with Crippen molar-refractivity contribution in [2.45, 2.75) is 6.04 Å². The summed E-state index contributed by atoms with van der Waals surface area (Å²) < 4.78 is 13.8. The molecule has 0 aromatic heterocycles. The Hall–Kier alpha value is -0.490. The zero-order valence-electron chi connectivity index (χ0n) is 9.50. The fraction of sp³-hybridized carbons (Fsp3) is 0.500. The number of benzene rings is 1. The minimum Gasteiger partial charge on any atom is -0.394 e. The first kappa shape index (κ1) is 13.0. The number of rotatable bonds is 3. The van der Waals surface area contributed by atoms with E-state index in [0.717, 1.165) is 36.2 Å². The molecule has 0 radical (unpaired) electrons. The highest BCUT2D eigenvalue weighted by Crippen LogP contribution is 2.28. The molecule has 94 valence electrons. The van der Waals surface area contributed by atoms with Gasteiger partial charge in [-0.15, -0.1) is 0 Å². The Morgan fingerprint density at radius 3 is 2.71 bits per heavy atom. The van der Waals surface area contributed by atoms with Gasteiger partial charge in [0.15, 0.2) is 0 Å². The summed E-state index contributed by atoms with van der Waals surface area (Å²) in [6, 6.07) is 4.56. The first-order chi connectivity index (χ1) is 8.22. The zero-order valence-corrected chi connectivity index (χ0v) is 11.1. The summed E-state index contributed by atoms with van der Waals surface area (Å²) in [4.78, 5) is 2.22. The normalized spacial score (nSPS) is 19.2. The van der Waals surface area contributed by atoms with Gasteiger partial charge in [-0.1, -0.05) is 22.0 Å². The van der Waals surface area contributed by atoms with Gasteiger partial charge in [-0.25, -0.2) is 4.39 Å². The Labute approximate surface area is 109 Å². The molecule has 0 spiro atoms. The second-order valence-electron chi connectivity index (χ2n) is 4.15. The summed E-state index contributed by atoms with van der Waals surface area (Å²) >= 11 is 3.36. The molecule has 0 saturated carbocycles. The SMILES string of the molecule is OC[C@H](c1ccc(F)cc1Br)N1CCNCC1. The average Bonchev–Trinajstić information content (AvgIpc) is 2.34. The van der Waals surface area contributed by atoms with E-state index in [1.807, 2.05) is 0 Å². The van der Waals surface area contributed by atoms with Crippen molar-refractivity contribution >= 4 is 15.9 Å². The van der Waals surface area contributed by atoms with E-state index in [4.69, 9.17) is 0 Å². The summed E-state index contributed by atoms with van der Waals surface area (Å²) in [5.41, 5.74) is 0.941. The molecule has 1 atom stereocenters. The third kappa shape index (κ3) is 3.04. The van der Waals surface area contributed by atoms with Crippen LogP contribution in [0.15, 0.2) is 22.7 Å². The first-order valence-corrected chi connectivity index (χ1v) is 6.52. The van der Waals surface area contributed by atoms with Crippen molar-refractivity contribution < 1.29 is 9.50 Å². The molecule has 0 aliphatic carbocycles. The highest BCUT2D eigenvalue weighted by atomic mass is 79.9. The molecule has 0 amide bonds. The number of hydrogen-bond acceptors (Lipinski definition) is 3. The fourth-order valence-electron chi connectivity index (χ4n) is 2.18. The number of aliphatic hydroxyl groups excluding tert-OH is 1. The summed E-state index contributed by atoms with van der Waals surface area (Å²) in [5.74, 6) is -0.266. The lowest BCUT2D eigenvalue weighted by atomic mass is 10.1. The Kier molecular flexibility index (Phi) is 4.50. The molecule has 3 nitrogen and oxygen atoms in total. The Morgan fingerprint density at radius 2 is 2.12 bits per heavy atom. The highest BCUT2D eigenvalue weighted by Gasteiger charge is 2.23. The third-order valence-corrected chi connectivity index (χ3v) is 3.77. The van der Waals surface area contributed by atoms with Crippen LogP contribution in [0.4, 0.5) is 4.39 Å². The molecule has 1 aromatic rings. The van der Waals surface area contributed by atoms with Crippen LogP contribution in [0.25, 0.3) is 0 Å². The van der Waals surface area contributed by atoms with Crippen LogP contribution in [0.3, 0.4) is 0 Å². The van der Waals surface area contributed by atoms with Gasteiger partial charge in [0.1, 0.15) is 5.82 Å². The second kappa shape index (κ2) is 5.91. The number of hydrogen-bond donors (Lipinski definition) is 2. The summed E-state index contributed by atoms with van der Waals surface area (Å²) in [5, 5.41) is 12.8. The third-order valence-electron chi connectivity index (χ3n) is 3.09. The van der Waals surface area contributed by atoms with E-state index >= 15 is 0 Å². The van der Waals surface area contributed by atoms with Crippen LogP contribution < -0.4 is 5.32 Å². The molecule has 2 N–H and O–H groups in total. The van der Waals surface area contributed by atoms with E-state index in [-0.39, 0.29) is 18.5 Å². The number of aliphatic hydroxyl groups is 1. The van der Waals surface area contributed by atoms with Gasteiger partial charge in [-0.2, -0.15) is 0 Å². The largest absolute Gasteiger partial charge is 0.394 e. The van der Waals surface area contributed by atoms with Gasteiger partial charge in [-0.05, 0) is 17.7 Å². The summed E-state index contributed by atoms with van der Waals surface area (Å²) in [6.07, 6.45) is 0. The van der Waals surface area contributed by atoms with Gasteiger partial charge >= 0.3 is 0 Å². The van der Waals surface area contributed by atoms with Crippen LogP contribution in [0.5, 0.6) is 0 Å². The van der Waals surface area contributed by atoms with E-state index in [1.54, 1.807) is 6.07 Å². The van der Waals surface area contributed by atoms with Crippen LogP contribution in [-0.2, 0) is 0 Å². The van der Waals surface area contributed by atoms with Gasteiger partial charge in [-0.3, -0.25) is 4.90 Å². The van der Waals surface area contributed by atoms with Crippen molar-refractivity contribution in [3.05, 3.63) is 34.1 Å². The molecule has 1 aromatic carbocycles. The van der Waals surface area contributed by atoms with E-state index in [0.29, 0.717) is 0 Å². The predicted molar refractivity (Wildman–Crippen MR) is 68.4 cm³/mol. The van der Waals surface area contributed by atoms with Crippen LogP contribution in [-0.4, -0.2) is 42.8 Å². The number of halogens is 2. The molecule has 17 heavy (non-hydrogen) atoms. The molecule has 1 aliphatic rings. The minimum atomic E-state index is -0.266. The predicted octanol–water partition coefficient (Wildman–Crippen LogP) is 1.53. The molecule has 0 unspecified atom stereocenters. The zero-order chi connectivity index (χ0) is 12.3. The topological polar surface area (TPSA) is 35.5 Å². The maximum atomic E-state index is 13.0. The summed E-state index contributed by atoms with van der Waals surface area (Å²) in [6.45, 7) is 3.69. The van der Waals surface area contributed by atoms with Crippen LogP contribution >= 0.6 is 15.9 Å². The molecular formula is C12H16BrFN2O. The number of nitrogens with zero attached hydrogens (tertiary/aromatic N) is 1. The average molecular weight is 303 g/mol. The minimum absolute atomic E-state index is 0.0459. The Balaban J connectivity index is 2.21. The molecular weight excluding hydrogens is 287 g/mol. The molecule has 1 aliphatic heterocycles. The monoisotopic (exact) mass is 302 g/mol. The highest BCUT2D eigenvalue weighted by molar-refractivity contribution is 9.10. The van der Waals surface area contributed by atoms with Crippen molar-refractivity contribution in [3.63, 3.8) is 0 Å². The molecule has 0 bridgehead atoms. The smallest absolute Gasteiger partial charge is 0.124 e. The number of piperazine rings is 1. The van der Waals surface area contributed by atoms with Crippen molar-refractivity contribution in [3.8, 4) is 0 Å². The van der Waals surface area contributed by atoms with Crippen LogP contribution in [0.2, 0.25) is 0 Å². The second-order valence-corrected chi connectivity index (χ2v) is 5.00. The number of nitrogens with one attached hydrogen (secondary N) is 1. The van der Waals surface area contributed by atoms with Crippen molar-refractivity contribution in [1.82, 2.24) is 10.2 Å². The van der Waals surface area contributed by atoms with Crippen LogP contribution in [0, 0.1) is 5.82 Å². The van der Waals surface area contributed by atoms with E-state index in [9.17, 15) is 9.50 Å². The Bertz CT molecular complexity index is 383. The fourth-order valence-corrected chi connectivity index (χ4v) is 2.79. The van der Waals surface area contributed by atoms with Crippen molar-refractivity contribution in [2.24, 2.45) is 0 Å². The quantitative estimate of drug-likeness (QED) is 0.889. The molecule has 1 saturated heterocycles. The molecule has 5 heteroatoms. The lowest BCUT2D eigenvalue weighted by molar-refractivity contribution is 0.110. The van der Waals surface area contributed by atoms with E-state index in [1.165, 1.54) is 12.1 Å². The van der Waals surface area contributed by atoms with Gasteiger partial charge in [0.25, 0.3) is 0 Å². The van der Waals surface area contributed by atoms with Crippen molar-refractivity contribution in [2.75, 3.05) is 32.8 Å². The van der Waals surface area contributed by atoms with Crippen LogP contribution in [0.1, 0.15) is 11.6 Å².